The van der Waals surface area contributed by atoms with Crippen LogP contribution in [0.1, 0.15) is 11.1 Å². The Kier molecular flexibility index (Phi) is 4.53. The van der Waals surface area contributed by atoms with Gasteiger partial charge in [0.25, 0.3) is 5.56 Å². The van der Waals surface area contributed by atoms with Crippen LogP contribution in [0.5, 0.6) is 0 Å². The van der Waals surface area contributed by atoms with Crippen LogP contribution in [0.25, 0.3) is 16.9 Å². The van der Waals surface area contributed by atoms with E-state index in [1.165, 1.54) is 9.13 Å². The average molecular weight is 372 g/mol. The Morgan fingerprint density at radius 1 is 1.04 bits per heavy atom. The Labute approximate surface area is 161 Å². The highest BCUT2D eigenvalue weighted by Gasteiger charge is 2.18. The molecule has 0 amide bonds. The van der Waals surface area contributed by atoms with Crippen molar-refractivity contribution in [2.24, 2.45) is 0 Å². The van der Waals surface area contributed by atoms with Crippen molar-refractivity contribution in [1.82, 2.24) is 18.7 Å². The standard InChI is InChI=1S/C22H20N4O2/c1-3-13-25-21(27)19-20(26(22(25)28)18-11-5-4-6-12-18)23-15-24(19)14-17-10-8-7-9-16(17)2/h3-12,15H,1,13-14H2,2H3. The molecule has 2 aromatic carbocycles. The predicted octanol–water partition coefficient (Wildman–Crippen LogP) is 2.89. The fraction of sp³-hybridized carbons (Fsp3) is 0.136. The van der Waals surface area contributed by atoms with Crippen molar-refractivity contribution >= 4 is 11.2 Å². The zero-order chi connectivity index (χ0) is 19.7. The van der Waals surface area contributed by atoms with E-state index in [1.54, 1.807) is 17.0 Å². The summed E-state index contributed by atoms with van der Waals surface area (Å²) in [7, 11) is 0. The lowest BCUT2D eigenvalue weighted by Crippen LogP contribution is -2.39. The molecule has 4 aromatic rings. The maximum absolute atomic E-state index is 13.1. The van der Waals surface area contributed by atoms with Crippen molar-refractivity contribution in [3.63, 3.8) is 0 Å². The molecule has 140 valence electrons. The van der Waals surface area contributed by atoms with Crippen LogP contribution in [-0.2, 0) is 13.1 Å². The maximum Gasteiger partial charge on any atom is 0.337 e. The molecule has 2 aromatic heterocycles. The Balaban J connectivity index is 2.02. The largest absolute Gasteiger partial charge is 0.337 e. The molecule has 0 spiro atoms. The van der Waals surface area contributed by atoms with E-state index in [4.69, 9.17) is 0 Å². The van der Waals surface area contributed by atoms with Gasteiger partial charge in [-0.3, -0.25) is 9.36 Å². The topological polar surface area (TPSA) is 61.8 Å². The second-order valence-electron chi connectivity index (χ2n) is 6.63. The molecule has 6 heteroatoms. The SMILES string of the molecule is C=CCn1c(=O)c2c(ncn2Cc2ccccc2C)n(-c2ccccc2)c1=O. The fourth-order valence-electron chi connectivity index (χ4n) is 3.37. The Bertz CT molecular complexity index is 1280. The van der Waals surface area contributed by atoms with E-state index in [0.29, 0.717) is 23.4 Å². The highest BCUT2D eigenvalue weighted by Crippen LogP contribution is 2.16. The van der Waals surface area contributed by atoms with Crippen LogP contribution < -0.4 is 11.2 Å². The van der Waals surface area contributed by atoms with E-state index in [9.17, 15) is 9.59 Å². The zero-order valence-corrected chi connectivity index (χ0v) is 15.6. The number of nitrogens with zero attached hydrogens (tertiary/aromatic N) is 4. The number of imidazole rings is 1. The smallest absolute Gasteiger partial charge is 0.320 e. The molecule has 0 aliphatic heterocycles. The van der Waals surface area contributed by atoms with Gasteiger partial charge in [0.05, 0.1) is 12.0 Å². The molecule has 4 rings (SSSR count). The molecule has 0 saturated heterocycles. The second-order valence-corrected chi connectivity index (χ2v) is 6.63. The summed E-state index contributed by atoms with van der Waals surface area (Å²) in [5, 5.41) is 0. The van der Waals surface area contributed by atoms with Crippen molar-refractivity contribution in [2.45, 2.75) is 20.0 Å². The van der Waals surface area contributed by atoms with E-state index >= 15 is 0 Å². The highest BCUT2D eigenvalue weighted by molar-refractivity contribution is 5.72. The molecule has 0 radical (unpaired) electrons. The number of aromatic nitrogens is 4. The van der Waals surface area contributed by atoms with Gasteiger partial charge >= 0.3 is 5.69 Å². The third-order valence-electron chi connectivity index (χ3n) is 4.83. The van der Waals surface area contributed by atoms with Gasteiger partial charge in [0.2, 0.25) is 0 Å². The lowest BCUT2D eigenvalue weighted by atomic mass is 10.1. The average Bonchev–Trinajstić information content (AvgIpc) is 3.11. The molecule has 0 saturated carbocycles. The molecular formula is C22H20N4O2. The van der Waals surface area contributed by atoms with Gasteiger partial charge in [0, 0.05) is 13.1 Å². The van der Waals surface area contributed by atoms with E-state index in [0.717, 1.165) is 11.1 Å². The monoisotopic (exact) mass is 372 g/mol. The predicted molar refractivity (Wildman–Crippen MR) is 110 cm³/mol. The molecule has 0 aliphatic carbocycles. The summed E-state index contributed by atoms with van der Waals surface area (Å²) in [5.74, 6) is 0. The summed E-state index contributed by atoms with van der Waals surface area (Å²) >= 11 is 0. The first-order chi connectivity index (χ1) is 13.6. The Hall–Kier alpha value is -3.67. The number of hydrogen-bond acceptors (Lipinski definition) is 3. The molecule has 0 aliphatic rings. The molecule has 2 heterocycles. The third kappa shape index (κ3) is 2.89. The van der Waals surface area contributed by atoms with Crippen molar-refractivity contribution in [2.75, 3.05) is 0 Å². The van der Waals surface area contributed by atoms with Crippen LogP contribution in [-0.4, -0.2) is 18.7 Å². The first-order valence-electron chi connectivity index (χ1n) is 9.03. The van der Waals surface area contributed by atoms with E-state index < -0.39 is 5.69 Å². The van der Waals surface area contributed by atoms with Crippen molar-refractivity contribution < 1.29 is 0 Å². The van der Waals surface area contributed by atoms with Crippen LogP contribution >= 0.6 is 0 Å². The molecular weight excluding hydrogens is 352 g/mol. The summed E-state index contributed by atoms with van der Waals surface area (Å²) in [6.07, 6.45) is 3.17. The van der Waals surface area contributed by atoms with Crippen molar-refractivity contribution in [1.29, 1.82) is 0 Å². The van der Waals surface area contributed by atoms with Gasteiger partial charge in [0.15, 0.2) is 11.2 Å². The molecule has 0 bridgehead atoms. The molecule has 0 N–H and O–H groups in total. The number of allylic oxidation sites excluding steroid dienone is 1. The van der Waals surface area contributed by atoms with Gasteiger partial charge in [-0.05, 0) is 30.2 Å². The number of benzene rings is 2. The molecule has 28 heavy (non-hydrogen) atoms. The minimum atomic E-state index is -0.426. The molecule has 6 nitrogen and oxygen atoms in total. The number of hydrogen-bond donors (Lipinski definition) is 0. The molecule has 0 fully saturated rings. The quantitative estimate of drug-likeness (QED) is 0.506. The lowest BCUT2D eigenvalue weighted by molar-refractivity contribution is 0.690. The number of rotatable bonds is 5. The molecule has 0 unspecified atom stereocenters. The summed E-state index contributed by atoms with van der Waals surface area (Å²) in [6.45, 7) is 6.35. The van der Waals surface area contributed by atoms with Crippen LogP contribution in [0.4, 0.5) is 0 Å². The first-order valence-corrected chi connectivity index (χ1v) is 9.03. The van der Waals surface area contributed by atoms with Crippen LogP contribution in [0, 0.1) is 6.92 Å². The Morgan fingerprint density at radius 3 is 2.46 bits per heavy atom. The van der Waals surface area contributed by atoms with E-state index in [-0.39, 0.29) is 12.1 Å². The summed E-state index contributed by atoms with van der Waals surface area (Å²) < 4.78 is 4.48. The summed E-state index contributed by atoms with van der Waals surface area (Å²) in [4.78, 5) is 30.6. The zero-order valence-electron chi connectivity index (χ0n) is 15.6. The van der Waals surface area contributed by atoms with Gasteiger partial charge in [-0.15, -0.1) is 6.58 Å². The highest BCUT2D eigenvalue weighted by atomic mass is 16.2. The van der Waals surface area contributed by atoms with E-state index in [1.807, 2.05) is 61.5 Å². The number of aryl methyl sites for hydroxylation is 1. The molecule has 0 atom stereocenters. The number of para-hydroxylation sites is 1. The lowest BCUT2D eigenvalue weighted by Gasteiger charge is -2.12. The normalized spacial score (nSPS) is 11.0. The Morgan fingerprint density at radius 2 is 1.75 bits per heavy atom. The van der Waals surface area contributed by atoms with Gasteiger partial charge < -0.3 is 4.57 Å². The third-order valence-corrected chi connectivity index (χ3v) is 4.83. The maximum atomic E-state index is 13.1. The van der Waals surface area contributed by atoms with Crippen molar-refractivity contribution in [3.8, 4) is 5.69 Å². The number of fused-ring (bicyclic) bond motifs is 1. The van der Waals surface area contributed by atoms with Crippen LogP contribution in [0.15, 0.2) is 83.2 Å². The van der Waals surface area contributed by atoms with Gasteiger partial charge in [-0.1, -0.05) is 48.5 Å². The van der Waals surface area contributed by atoms with Gasteiger partial charge in [0.1, 0.15) is 0 Å². The van der Waals surface area contributed by atoms with Crippen LogP contribution in [0.3, 0.4) is 0 Å². The van der Waals surface area contributed by atoms with Crippen LogP contribution in [0.2, 0.25) is 0 Å². The first kappa shape index (κ1) is 17.7. The van der Waals surface area contributed by atoms with Gasteiger partial charge in [-0.2, -0.15) is 0 Å². The van der Waals surface area contributed by atoms with Gasteiger partial charge in [-0.25, -0.2) is 14.3 Å². The minimum Gasteiger partial charge on any atom is -0.320 e. The van der Waals surface area contributed by atoms with Crippen molar-refractivity contribution in [3.05, 3.63) is 106 Å². The summed E-state index contributed by atoms with van der Waals surface area (Å²) in [5.41, 5.74) is 2.85. The summed E-state index contributed by atoms with van der Waals surface area (Å²) in [6, 6.07) is 17.2. The minimum absolute atomic E-state index is 0.135. The van der Waals surface area contributed by atoms with E-state index in [2.05, 4.69) is 11.6 Å². The second kappa shape index (κ2) is 7.15. The fourth-order valence-corrected chi connectivity index (χ4v) is 3.37.